The van der Waals surface area contributed by atoms with E-state index in [1.165, 1.54) is 4.90 Å². The number of piperidine rings is 1. The third-order valence-electron chi connectivity index (χ3n) is 4.25. The van der Waals surface area contributed by atoms with Crippen molar-refractivity contribution in [3.05, 3.63) is 42.0 Å². The molecule has 0 saturated carbocycles. The molecule has 0 aliphatic carbocycles. The van der Waals surface area contributed by atoms with Gasteiger partial charge < -0.3 is 14.9 Å². The predicted octanol–water partition coefficient (Wildman–Crippen LogP) is 1.92. The number of allylic oxidation sites excluding steroid dienone is 1. The van der Waals surface area contributed by atoms with E-state index in [-0.39, 0.29) is 24.5 Å². The van der Waals surface area contributed by atoms with Gasteiger partial charge in [0.2, 0.25) is 11.8 Å². The van der Waals surface area contributed by atoms with E-state index in [9.17, 15) is 14.7 Å². The third-order valence-corrected chi connectivity index (χ3v) is 4.25. The number of benzene rings is 1. The molecular formula is C19H26N2O3. The lowest BCUT2D eigenvalue weighted by Gasteiger charge is -2.31. The van der Waals surface area contributed by atoms with Crippen LogP contribution in [0.1, 0.15) is 31.2 Å². The number of nitrogens with zero attached hydrogens (tertiary/aromatic N) is 2. The van der Waals surface area contributed by atoms with Gasteiger partial charge in [0, 0.05) is 26.6 Å². The molecule has 1 saturated heterocycles. The van der Waals surface area contributed by atoms with Crippen LogP contribution < -0.4 is 0 Å². The minimum Gasteiger partial charge on any atom is -0.393 e. The van der Waals surface area contributed by atoms with Crippen LogP contribution >= 0.6 is 0 Å². The van der Waals surface area contributed by atoms with E-state index in [0.29, 0.717) is 38.8 Å². The summed E-state index contributed by atoms with van der Waals surface area (Å²) >= 11 is 0. The summed E-state index contributed by atoms with van der Waals surface area (Å²) in [4.78, 5) is 27.5. The normalized spacial score (nSPS) is 15.7. The molecule has 0 radical (unpaired) electrons. The molecule has 24 heavy (non-hydrogen) atoms. The van der Waals surface area contributed by atoms with Gasteiger partial charge >= 0.3 is 0 Å². The second kappa shape index (κ2) is 9.23. The Balaban J connectivity index is 1.70. The van der Waals surface area contributed by atoms with Crippen LogP contribution in [0.3, 0.4) is 0 Å². The molecule has 1 fully saturated rings. The topological polar surface area (TPSA) is 60.9 Å². The number of rotatable bonds is 6. The quantitative estimate of drug-likeness (QED) is 0.867. The van der Waals surface area contributed by atoms with Crippen LogP contribution in [0.2, 0.25) is 0 Å². The molecule has 0 aromatic heterocycles. The molecule has 0 spiro atoms. The lowest BCUT2D eigenvalue weighted by atomic mass is 10.1. The van der Waals surface area contributed by atoms with Crippen molar-refractivity contribution < 1.29 is 14.7 Å². The number of aliphatic hydroxyl groups excluding tert-OH is 1. The van der Waals surface area contributed by atoms with Crippen LogP contribution in [-0.4, -0.2) is 59.5 Å². The molecule has 1 aliphatic rings. The number of carbonyl (C=O) groups excluding carboxylic acids is 2. The van der Waals surface area contributed by atoms with Crippen LogP contribution in [-0.2, 0) is 9.59 Å². The zero-order valence-corrected chi connectivity index (χ0v) is 14.2. The maximum absolute atomic E-state index is 12.2. The SMILES string of the molecule is CN(CC(=O)N1CCC(O)CC1)C(=O)CC/C=C/c1ccccc1. The van der Waals surface area contributed by atoms with Gasteiger partial charge in [0.25, 0.3) is 0 Å². The molecule has 1 aliphatic heterocycles. The monoisotopic (exact) mass is 330 g/mol. The fourth-order valence-electron chi connectivity index (χ4n) is 2.69. The summed E-state index contributed by atoms with van der Waals surface area (Å²) in [5.74, 6) is -0.0734. The standard InChI is InChI=1S/C19H26N2O3/c1-20(15-19(24)21-13-11-17(22)12-14-21)18(23)10-6-5-9-16-7-3-2-4-8-16/h2-5,7-9,17,22H,6,10-15H2,1H3/b9-5+. The van der Waals surface area contributed by atoms with E-state index in [0.717, 1.165) is 5.56 Å². The molecule has 2 amide bonds. The van der Waals surface area contributed by atoms with Gasteiger partial charge in [-0.1, -0.05) is 42.5 Å². The Bertz CT molecular complexity index is 563. The van der Waals surface area contributed by atoms with Gasteiger partial charge in [-0.2, -0.15) is 0 Å². The predicted molar refractivity (Wildman–Crippen MR) is 94.2 cm³/mol. The number of hydrogen-bond donors (Lipinski definition) is 1. The van der Waals surface area contributed by atoms with E-state index in [1.807, 2.05) is 42.5 Å². The van der Waals surface area contributed by atoms with Crippen molar-refractivity contribution in [2.24, 2.45) is 0 Å². The fourth-order valence-corrected chi connectivity index (χ4v) is 2.69. The number of carbonyl (C=O) groups is 2. The summed E-state index contributed by atoms with van der Waals surface area (Å²) in [6.07, 6.45) is 5.96. The maximum Gasteiger partial charge on any atom is 0.242 e. The van der Waals surface area contributed by atoms with E-state index >= 15 is 0 Å². The lowest BCUT2D eigenvalue weighted by Crippen LogP contribution is -2.45. The van der Waals surface area contributed by atoms with E-state index in [4.69, 9.17) is 0 Å². The smallest absolute Gasteiger partial charge is 0.242 e. The first kappa shape index (κ1) is 18.2. The van der Waals surface area contributed by atoms with E-state index < -0.39 is 0 Å². The minimum atomic E-state index is -0.301. The largest absolute Gasteiger partial charge is 0.393 e. The Hall–Kier alpha value is -2.14. The van der Waals surface area contributed by atoms with Crippen LogP contribution in [0.4, 0.5) is 0 Å². The molecule has 1 heterocycles. The molecule has 130 valence electrons. The summed E-state index contributed by atoms with van der Waals surface area (Å²) in [6.45, 7) is 1.25. The van der Waals surface area contributed by atoms with Gasteiger partial charge in [0.05, 0.1) is 12.6 Å². The van der Waals surface area contributed by atoms with Gasteiger partial charge in [-0.15, -0.1) is 0 Å². The summed E-state index contributed by atoms with van der Waals surface area (Å²) in [6, 6.07) is 9.95. The van der Waals surface area contributed by atoms with Crippen molar-refractivity contribution in [1.29, 1.82) is 0 Å². The number of aliphatic hydroxyl groups is 1. The molecule has 1 aromatic carbocycles. The van der Waals surface area contributed by atoms with Gasteiger partial charge in [-0.25, -0.2) is 0 Å². The van der Waals surface area contributed by atoms with Gasteiger partial charge in [0.1, 0.15) is 0 Å². The van der Waals surface area contributed by atoms with Crippen molar-refractivity contribution in [3.63, 3.8) is 0 Å². The molecule has 0 bridgehead atoms. The zero-order valence-electron chi connectivity index (χ0n) is 14.2. The Kier molecular flexibility index (Phi) is 7.00. The van der Waals surface area contributed by atoms with Crippen LogP contribution in [0.5, 0.6) is 0 Å². The summed E-state index contributed by atoms with van der Waals surface area (Å²) < 4.78 is 0. The zero-order chi connectivity index (χ0) is 17.4. The first-order valence-electron chi connectivity index (χ1n) is 8.47. The maximum atomic E-state index is 12.2. The Morgan fingerprint density at radius 3 is 2.58 bits per heavy atom. The van der Waals surface area contributed by atoms with Crippen LogP contribution in [0, 0.1) is 0 Å². The molecular weight excluding hydrogens is 304 g/mol. The highest BCUT2D eigenvalue weighted by molar-refractivity contribution is 5.84. The average Bonchev–Trinajstić information content (AvgIpc) is 2.60. The number of hydrogen-bond acceptors (Lipinski definition) is 3. The van der Waals surface area contributed by atoms with Crippen LogP contribution in [0.25, 0.3) is 6.08 Å². The first-order valence-corrected chi connectivity index (χ1v) is 8.47. The molecule has 1 N–H and O–H groups in total. The lowest BCUT2D eigenvalue weighted by molar-refractivity contribution is -0.140. The molecule has 1 aromatic rings. The first-order chi connectivity index (χ1) is 11.6. The van der Waals surface area contributed by atoms with Gasteiger partial charge in [-0.3, -0.25) is 9.59 Å². The summed E-state index contributed by atoms with van der Waals surface area (Å²) in [5.41, 5.74) is 1.11. The van der Waals surface area contributed by atoms with Crippen molar-refractivity contribution >= 4 is 17.9 Å². The molecule has 5 nitrogen and oxygen atoms in total. The second-order valence-electron chi connectivity index (χ2n) is 6.21. The summed E-state index contributed by atoms with van der Waals surface area (Å²) in [5, 5.41) is 9.47. The highest BCUT2D eigenvalue weighted by atomic mass is 16.3. The number of amides is 2. The van der Waals surface area contributed by atoms with Gasteiger partial charge in [-0.05, 0) is 24.8 Å². The molecule has 2 rings (SSSR count). The number of likely N-dealkylation sites (N-methyl/N-ethyl adjacent to an activating group) is 1. The Morgan fingerprint density at radius 1 is 1.25 bits per heavy atom. The highest BCUT2D eigenvalue weighted by Gasteiger charge is 2.23. The van der Waals surface area contributed by atoms with Crippen molar-refractivity contribution in [2.75, 3.05) is 26.7 Å². The Labute approximate surface area is 143 Å². The molecule has 0 atom stereocenters. The van der Waals surface area contributed by atoms with E-state index in [1.54, 1.807) is 11.9 Å². The fraction of sp³-hybridized carbons (Fsp3) is 0.474. The van der Waals surface area contributed by atoms with Crippen molar-refractivity contribution in [2.45, 2.75) is 31.8 Å². The average molecular weight is 330 g/mol. The molecule has 5 heteroatoms. The van der Waals surface area contributed by atoms with Crippen molar-refractivity contribution in [3.8, 4) is 0 Å². The Morgan fingerprint density at radius 2 is 1.92 bits per heavy atom. The van der Waals surface area contributed by atoms with Crippen molar-refractivity contribution in [1.82, 2.24) is 9.80 Å². The van der Waals surface area contributed by atoms with Crippen LogP contribution in [0.15, 0.2) is 36.4 Å². The third kappa shape index (κ3) is 5.81. The summed E-state index contributed by atoms with van der Waals surface area (Å²) in [7, 11) is 1.67. The molecule has 0 unspecified atom stereocenters. The minimum absolute atomic E-state index is 0.0295. The van der Waals surface area contributed by atoms with E-state index in [2.05, 4.69) is 0 Å². The van der Waals surface area contributed by atoms with Gasteiger partial charge in [0.15, 0.2) is 0 Å². The number of likely N-dealkylation sites (tertiary alicyclic amines) is 1. The highest BCUT2D eigenvalue weighted by Crippen LogP contribution is 2.10. The second-order valence-corrected chi connectivity index (χ2v) is 6.21.